The van der Waals surface area contributed by atoms with Crippen molar-refractivity contribution in [2.24, 2.45) is 4.99 Å². The SMILES string of the molecule is CCOC(=O)c1ccc(N=C2SC(C(=O)Nc3ccc(C(=O)OC)cc3)CC(=O)N2CCc2ccccc2)cc1. The fourth-order valence-electron chi connectivity index (χ4n) is 3.97. The summed E-state index contributed by atoms with van der Waals surface area (Å²) in [4.78, 5) is 56.4. The summed E-state index contributed by atoms with van der Waals surface area (Å²) in [6, 6.07) is 22.7. The number of nitrogens with zero attached hydrogens (tertiary/aromatic N) is 2. The minimum atomic E-state index is -0.710. The molecule has 1 heterocycles. The van der Waals surface area contributed by atoms with Gasteiger partial charge in [0.05, 0.1) is 30.5 Å². The van der Waals surface area contributed by atoms with E-state index >= 15 is 0 Å². The molecule has 3 aromatic carbocycles. The average molecular weight is 560 g/mol. The van der Waals surface area contributed by atoms with Gasteiger partial charge in [0, 0.05) is 18.7 Å². The molecule has 1 fully saturated rings. The molecule has 1 N–H and O–H groups in total. The number of hydrogen-bond acceptors (Lipinski definition) is 8. The molecule has 2 amide bonds. The van der Waals surface area contributed by atoms with E-state index in [2.05, 4.69) is 10.3 Å². The zero-order valence-corrected chi connectivity index (χ0v) is 23.0. The number of ether oxygens (including phenoxy) is 2. The Balaban J connectivity index is 1.53. The lowest BCUT2D eigenvalue weighted by atomic mass is 10.1. The number of anilines is 1. The van der Waals surface area contributed by atoms with E-state index in [1.54, 1.807) is 60.4 Å². The lowest BCUT2D eigenvalue weighted by molar-refractivity contribution is -0.129. The van der Waals surface area contributed by atoms with Crippen molar-refractivity contribution in [3.63, 3.8) is 0 Å². The summed E-state index contributed by atoms with van der Waals surface area (Å²) in [7, 11) is 1.30. The van der Waals surface area contributed by atoms with Crippen LogP contribution in [0, 0.1) is 0 Å². The molecule has 1 saturated heterocycles. The van der Waals surface area contributed by atoms with Crippen LogP contribution in [0.2, 0.25) is 0 Å². The highest BCUT2D eigenvalue weighted by Crippen LogP contribution is 2.30. The highest BCUT2D eigenvalue weighted by molar-refractivity contribution is 8.15. The minimum absolute atomic E-state index is 0.00630. The number of rotatable bonds is 9. The van der Waals surface area contributed by atoms with Crippen LogP contribution in [0.5, 0.6) is 0 Å². The Hall–Kier alpha value is -4.44. The number of aliphatic imine (C=N–C) groups is 1. The van der Waals surface area contributed by atoms with Gasteiger partial charge in [0.1, 0.15) is 5.25 Å². The second kappa shape index (κ2) is 13.6. The molecule has 0 spiro atoms. The van der Waals surface area contributed by atoms with Crippen LogP contribution < -0.4 is 5.32 Å². The van der Waals surface area contributed by atoms with E-state index in [-0.39, 0.29) is 24.8 Å². The van der Waals surface area contributed by atoms with Gasteiger partial charge in [-0.2, -0.15) is 0 Å². The van der Waals surface area contributed by atoms with Gasteiger partial charge >= 0.3 is 11.9 Å². The molecule has 0 radical (unpaired) electrons. The Labute approximate surface area is 236 Å². The lowest BCUT2D eigenvalue weighted by Gasteiger charge is -2.32. The number of carbonyl (C=O) groups excluding carboxylic acids is 4. The fourth-order valence-corrected chi connectivity index (χ4v) is 5.10. The van der Waals surface area contributed by atoms with Crippen LogP contribution in [0.3, 0.4) is 0 Å². The van der Waals surface area contributed by atoms with E-state index in [1.165, 1.54) is 18.9 Å². The standard InChI is InChI=1S/C30H29N3O6S/c1-3-39-29(37)22-11-15-24(16-12-22)32-30-33(18-17-20-7-5-4-6-8-20)26(34)19-25(40-30)27(35)31-23-13-9-21(10-14-23)28(36)38-2/h4-16,25H,3,17-19H2,1-2H3,(H,31,35). The molecular formula is C30H29N3O6S. The van der Waals surface area contributed by atoms with Gasteiger partial charge in [-0.25, -0.2) is 14.6 Å². The Morgan fingerprint density at radius 3 is 2.25 bits per heavy atom. The molecule has 9 nitrogen and oxygen atoms in total. The molecule has 4 rings (SSSR count). The summed E-state index contributed by atoms with van der Waals surface area (Å²) < 4.78 is 9.74. The third kappa shape index (κ3) is 7.35. The van der Waals surface area contributed by atoms with E-state index < -0.39 is 17.2 Å². The number of benzene rings is 3. The van der Waals surface area contributed by atoms with Crippen molar-refractivity contribution in [3.8, 4) is 0 Å². The van der Waals surface area contributed by atoms with E-state index in [1.807, 2.05) is 30.3 Å². The number of amides is 2. The van der Waals surface area contributed by atoms with Crippen molar-refractivity contribution in [2.75, 3.05) is 25.6 Å². The normalized spacial score (nSPS) is 15.9. The van der Waals surface area contributed by atoms with Crippen molar-refractivity contribution in [2.45, 2.75) is 25.0 Å². The molecule has 40 heavy (non-hydrogen) atoms. The fraction of sp³-hybridized carbons (Fsp3) is 0.233. The van der Waals surface area contributed by atoms with Gasteiger partial charge in [-0.1, -0.05) is 42.1 Å². The van der Waals surface area contributed by atoms with Crippen LogP contribution in [0.1, 0.15) is 39.6 Å². The maximum atomic E-state index is 13.3. The number of nitrogens with one attached hydrogen (secondary N) is 1. The van der Waals surface area contributed by atoms with Crippen molar-refractivity contribution in [1.82, 2.24) is 4.90 Å². The van der Waals surface area contributed by atoms with Gasteiger partial charge in [0.2, 0.25) is 11.8 Å². The average Bonchev–Trinajstić information content (AvgIpc) is 2.97. The number of amidine groups is 1. The summed E-state index contributed by atoms with van der Waals surface area (Å²) >= 11 is 1.21. The van der Waals surface area contributed by atoms with Crippen LogP contribution in [-0.4, -0.2) is 59.3 Å². The van der Waals surface area contributed by atoms with Crippen LogP contribution in [0.25, 0.3) is 0 Å². The molecule has 0 bridgehead atoms. The molecule has 206 valence electrons. The minimum Gasteiger partial charge on any atom is -0.465 e. The van der Waals surface area contributed by atoms with Gasteiger partial charge in [0.15, 0.2) is 5.17 Å². The van der Waals surface area contributed by atoms with Crippen LogP contribution >= 0.6 is 11.8 Å². The Morgan fingerprint density at radius 2 is 1.60 bits per heavy atom. The maximum Gasteiger partial charge on any atom is 0.338 e. The van der Waals surface area contributed by atoms with E-state index in [0.29, 0.717) is 40.6 Å². The van der Waals surface area contributed by atoms with E-state index in [9.17, 15) is 19.2 Å². The molecule has 10 heteroatoms. The van der Waals surface area contributed by atoms with Gasteiger partial charge < -0.3 is 14.8 Å². The van der Waals surface area contributed by atoms with Crippen LogP contribution in [-0.2, 0) is 25.5 Å². The molecule has 1 aliphatic rings. The second-order valence-corrected chi connectivity index (χ2v) is 9.98. The lowest BCUT2D eigenvalue weighted by Crippen LogP contribution is -2.46. The van der Waals surface area contributed by atoms with Gasteiger partial charge in [-0.05, 0) is 67.4 Å². The predicted molar refractivity (Wildman–Crippen MR) is 154 cm³/mol. The number of methoxy groups -OCH3 is 1. The second-order valence-electron chi connectivity index (χ2n) is 8.81. The number of hydrogen-bond donors (Lipinski definition) is 1. The van der Waals surface area contributed by atoms with Crippen LogP contribution in [0.15, 0.2) is 83.9 Å². The first kappa shape index (κ1) is 28.6. The highest BCUT2D eigenvalue weighted by Gasteiger charge is 2.35. The molecule has 1 aliphatic heterocycles. The number of carbonyl (C=O) groups is 4. The van der Waals surface area contributed by atoms with Crippen LogP contribution in [0.4, 0.5) is 11.4 Å². The van der Waals surface area contributed by atoms with Crippen molar-refractivity contribution in [1.29, 1.82) is 0 Å². The summed E-state index contributed by atoms with van der Waals surface area (Å²) in [5.41, 5.74) is 2.86. The predicted octanol–water partition coefficient (Wildman–Crippen LogP) is 4.85. The molecule has 1 unspecified atom stereocenters. The largest absolute Gasteiger partial charge is 0.465 e. The third-order valence-corrected chi connectivity index (χ3v) is 7.26. The van der Waals surface area contributed by atoms with Crippen molar-refractivity contribution < 1.29 is 28.7 Å². The number of thioether (sulfide) groups is 1. The summed E-state index contributed by atoms with van der Waals surface area (Å²) in [6.07, 6.45) is 0.629. The topological polar surface area (TPSA) is 114 Å². The highest BCUT2D eigenvalue weighted by atomic mass is 32.2. The van der Waals surface area contributed by atoms with Crippen molar-refractivity contribution >= 4 is 52.1 Å². The Kier molecular flexibility index (Phi) is 9.69. The van der Waals surface area contributed by atoms with Gasteiger partial charge in [0.25, 0.3) is 0 Å². The first-order valence-corrected chi connectivity index (χ1v) is 13.6. The Bertz CT molecular complexity index is 1390. The zero-order valence-electron chi connectivity index (χ0n) is 22.2. The summed E-state index contributed by atoms with van der Waals surface area (Å²) in [5, 5.41) is 2.51. The molecule has 0 aliphatic carbocycles. The summed E-state index contributed by atoms with van der Waals surface area (Å²) in [6.45, 7) is 2.42. The van der Waals surface area contributed by atoms with Gasteiger partial charge in [-0.3, -0.25) is 14.5 Å². The van der Waals surface area contributed by atoms with Crippen molar-refractivity contribution in [3.05, 3.63) is 95.6 Å². The molecule has 0 saturated carbocycles. The molecule has 1 atom stereocenters. The number of esters is 2. The quantitative estimate of drug-likeness (QED) is 0.373. The van der Waals surface area contributed by atoms with Gasteiger partial charge in [-0.15, -0.1) is 0 Å². The molecule has 3 aromatic rings. The summed E-state index contributed by atoms with van der Waals surface area (Å²) in [5.74, 6) is -1.46. The first-order chi connectivity index (χ1) is 19.4. The monoisotopic (exact) mass is 559 g/mol. The molecular weight excluding hydrogens is 530 g/mol. The Morgan fingerprint density at radius 1 is 0.950 bits per heavy atom. The maximum absolute atomic E-state index is 13.3. The zero-order chi connectivity index (χ0) is 28.5. The molecule has 0 aromatic heterocycles. The first-order valence-electron chi connectivity index (χ1n) is 12.7. The van der Waals surface area contributed by atoms with E-state index in [4.69, 9.17) is 9.47 Å². The van der Waals surface area contributed by atoms with E-state index in [0.717, 1.165) is 5.56 Å². The smallest absolute Gasteiger partial charge is 0.338 e. The third-order valence-electron chi connectivity index (χ3n) is 6.08.